The molecule has 0 aliphatic carbocycles. The Bertz CT molecular complexity index is 862. The summed E-state index contributed by atoms with van der Waals surface area (Å²) in [5, 5.41) is 12.6. The first-order valence-corrected chi connectivity index (χ1v) is 10.1. The third kappa shape index (κ3) is 3.65. The topological polar surface area (TPSA) is 46.8 Å². The Labute approximate surface area is 164 Å². The molecule has 1 saturated heterocycles. The van der Waals surface area contributed by atoms with E-state index in [1.165, 1.54) is 24.5 Å². The zero-order valence-electron chi connectivity index (χ0n) is 15.8. The second kappa shape index (κ2) is 7.68. The summed E-state index contributed by atoms with van der Waals surface area (Å²) < 4.78 is 15.8. The number of hydrogen-bond acceptors (Lipinski definition) is 4. The largest absolute Gasteiger partial charge is 0.306 e. The summed E-state index contributed by atoms with van der Waals surface area (Å²) in [6, 6.07) is 3.18. The van der Waals surface area contributed by atoms with E-state index in [0.717, 1.165) is 49.4 Å². The number of benzene rings is 1. The molecule has 144 valence electrons. The highest BCUT2D eigenvalue weighted by molar-refractivity contribution is 6.31. The Morgan fingerprint density at radius 3 is 2.89 bits per heavy atom. The summed E-state index contributed by atoms with van der Waals surface area (Å²) in [6.45, 7) is 4.35. The van der Waals surface area contributed by atoms with Crippen molar-refractivity contribution >= 4 is 17.2 Å². The van der Waals surface area contributed by atoms with E-state index in [-0.39, 0.29) is 10.9 Å². The molecule has 2 unspecified atom stereocenters. The summed E-state index contributed by atoms with van der Waals surface area (Å²) in [7, 11) is 2.19. The molecule has 2 atom stereocenters. The van der Waals surface area contributed by atoms with E-state index in [2.05, 4.69) is 40.5 Å². The van der Waals surface area contributed by atoms with Gasteiger partial charge in [-0.2, -0.15) is 4.68 Å². The maximum Gasteiger partial charge on any atom is 0.183 e. The number of halogens is 2. The monoisotopic (exact) mass is 389 g/mol. The third-order valence-corrected chi connectivity index (χ3v) is 6.18. The number of likely N-dealkylation sites (tertiary alicyclic amines) is 1. The molecule has 5 nitrogen and oxygen atoms in total. The van der Waals surface area contributed by atoms with Crippen molar-refractivity contribution in [3.63, 3.8) is 0 Å². The first-order chi connectivity index (χ1) is 13.0. The van der Waals surface area contributed by atoms with Gasteiger partial charge in [-0.3, -0.25) is 0 Å². The summed E-state index contributed by atoms with van der Waals surface area (Å²) in [5.41, 5.74) is 2.88. The van der Waals surface area contributed by atoms with Crippen LogP contribution in [0.4, 0.5) is 4.39 Å². The van der Waals surface area contributed by atoms with Gasteiger partial charge < -0.3 is 4.90 Å². The van der Waals surface area contributed by atoms with Crippen LogP contribution in [0.5, 0.6) is 0 Å². The average Bonchev–Trinajstić information content (AvgIpc) is 3.10. The van der Waals surface area contributed by atoms with E-state index < -0.39 is 5.82 Å². The van der Waals surface area contributed by atoms with Crippen LogP contribution < -0.4 is 0 Å². The number of allylic oxidation sites excluding steroid dienone is 2. The standard InChI is InChI=1S/C20H25ClFN5/c1-13-6-7-15(14-5-3-4-9-26(2)10-8-14)20-23-24-25-27(20)19-12-17(21)18(22)11-16(13)19/h7,11-14H,3-6,8-10H2,1-2H3. The van der Waals surface area contributed by atoms with Crippen molar-refractivity contribution in [3.05, 3.63) is 40.4 Å². The third-order valence-electron chi connectivity index (χ3n) is 5.89. The maximum absolute atomic E-state index is 14.1. The Morgan fingerprint density at radius 1 is 1.19 bits per heavy atom. The van der Waals surface area contributed by atoms with Crippen LogP contribution >= 0.6 is 11.6 Å². The SMILES string of the molecule is CC1CC=C(C2CCCCN(C)CC2)c2nnnn2-c2cc(Cl)c(F)cc21. The zero-order valence-corrected chi connectivity index (χ0v) is 16.6. The van der Waals surface area contributed by atoms with Crippen molar-refractivity contribution in [2.45, 2.75) is 44.9 Å². The lowest BCUT2D eigenvalue weighted by molar-refractivity contribution is 0.278. The maximum atomic E-state index is 14.1. The number of tetrazole rings is 1. The van der Waals surface area contributed by atoms with Crippen molar-refractivity contribution < 1.29 is 4.39 Å². The van der Waals surface area contributed by atoms with Gasteiger partial charge in [-0.15, -0.1) is 5.10 Å². The molecule has 1 fully saturated rings. The molecule has 2 aromatic rings. The minimum Gasteiger partial charge on any atom is -0.306 e. The Kier molecular flexibility index (Phi) is 5.28. The predicted octanol–water partition coefficient (Wildman–Crippen LogP) is 4.47. The van der Waals surface area contributed by atoms with E-state index >= 15 is 0 Å². The van der Waals surface area contributed by atoms with Gasteiger partial charge in [0.2, 0.25) is 0 Å². The van der Waals surface area contributed by atoms with Crippen LogP contribution in [-0.2, 0) is 0 Å². The number of nitrogens with zero attached hydrogens (tertiary/aromatic N) is 5. The van der Waals surface area contributed by atoms with Gasteiger partial charge in [0.1, 0.15) is 5.82 Å². The van der Waals surface area contributed by atoms with Crippen LogP contribution in [0.25, 0.3) is 11.3 Å². The Balaban J connectivity index is 1.78. The van der Waals surface area contributed by atoms with Gasteiger partial charge in [0.25, 0.3) is 0 Å². The quantitative estimate of drug-likeness (QED) is 0.722. The second-order valence-electron chi connectivity index (χ2n) is 7.82. The molecule has 0 amide bonds. The van der Waals surface area contributed by atoms with E-state index in [4.69, 9.17) is 11.6 Å². The summed E-state index contributed by atoms with van der Waals surface area (Å²) in [5.74, 6) is 0.960. The smallest absolute Gasteiger partial charge is 0.183 e. The van der Waals surface area contributed by atoms with Crippen molar-refractivity contribution in [1.29, 1.82) is 0 Å². The lowest BCUT2D eigenvalue weighted by Gasteiger charge is -2.28. The minimum absolute atomic E-state index is 0.0982. The molecule has 27 heavy (non-hydrogen) atoms. The molecule has 0 N–H and O–H groups in total. The molecule has 7 heteroatoms. The van der Waals surface area contributed by atoms with E-state index in [1.807, 2.05) is 0 Å². The van der Waals surface area contributed by atoms with Gasteiger partial charge in [0, 0.05) is 0 Å². The van der Waals surface area contributed by atoms with Crippen molar-refractivity contribution in [2.75, 3.05) is 20.1 Å². The molecule has 1 aromatic carbocycles. The lowest BCUT2D eigenvalue weighted by atomic mass is 9.85. The first kappa shape index (κ1) is 18.6. The van der Waals surface area contributed by atoms with Crippen molar-refractivity contribution in [2.24, 2.45) is 5.92 Å². The summed E-state index contributed by atoms with van der Waals surface area (Å²) >= 11 is 6.08. The van der Waals surface area contributed by atoms with Gasteiger partial charge >= 0.3 is 0 Å². The van der Waals surface area contributed by atoms with Crippen LogP contribution in [0.3, 0.4) is 0 Å². The fourth-order valence-electron chi connectivity index (χ4n) is 4.25. The van der Waals surface area contributed by atoms with E-state index in [0.29, 0.717) is 5.92 Å². The predicted molar refractivity (Wildman–Crippen MR) is 105 cm³/mol. The fourth-order valence-corrected chi connectivity index (χ4v) is 4.40. The molecular formula is C20H25ClFN5. The molecule has 0 saturated carbocycles. The number of fused-ring (bicyclic) bond motifs is 3. The molecule has 0 bridgehead atoms. The highest BCUT2D eigenvalue weighted by atomic mass is 35.5. The highest BCUT2D eigenvalue weighted by Gasteiger charge is 2.27. The molecular weight excluding hydrogens is 365 g/mol. The molecule has 0 spiro atoms. The van der Waals surface area contributed by atoms with Crippen LogP contribution in [0.1, 0.15) is 56.3 Å². The number of hydrogen-bond donors (Lipinski definition) is 0. The second-order valence-corrected chi connectivity index (χ2v) is 8.23. The van der Waals surface area contributed by atoms with Gasteiger partial charge in [0.15, 0.2) is 5.82 Å². The number of aromatic nitrogens is 4. The summed E-state index contributed by atoms with van der Waals surface area (Å²) in [6.07, 6.45) is 7.78. The van der Waals surface area contributed by atoms with E-state index in [1.54, 1.807) is 10.7 Å². The Morgan fingerprint density at radius 2 is 2.04 bits per heavy atom. The van der Waals surface area contributed by atoms with Gasteiger partial charge in [0.05, 0.1) is 10.7 Å². The molecule has 2 aliphatic rings. The van der Waals surface area contributed by atoms with Crippen molar-refractivity contribution in [1.82, 2.24) is 25.1 Å². The molecule has 0 radical (unpaired) electrons. The summed E-state index contributed by atoms with van der Waals surface area (Å²) in [4.78, 5) is 2.40. The molecule has 1 aromatic heterocycles. The van der Waals surface area contributed by atoms with Crippen LogP contribution in [-0.4, -0.2) is 45.2 Å². The fraction of sp³-hybridized carbons (Fsp3) is 0.550. The average molecular weight is 390 g/mol. The number of rotatable bonds is 1. The van der Waals surface area contributed by atoms with Crippen LogP contribution in [0.2, 0.25) is 5.02 Å². The van der Waals surface area contributed by atoms with Crippen molar-refractivity contribution in [3.8, 4) is 5.69 Å². The minimum atomic E-state index is -0.398. The van der Waals surface area contributed by atoms with Crippen LogP contribution in [0, 0.1) is 11.7 Å². The van der Waals surface area contributed by atoms with Gasteiger partial charge in [-0.25, -0.2) is 4.39 Å². The molecule has 3 heterocycles. The van der Waals surface area contributed by atoms with Crippen LogP contribution in [0.15, 0.2) is 18.2 Å². The molecule has 4 rings (SSSR count). The first-order valence-electron chi connectivity index (χ1n) is 9.71. The zero-order chi connectivity index (χ0) is 19.0. The lowest BCUT2D eigenvalue weighted by Crippen LogP contribution is -2.26. The molecule has 2 aliphatic heterocycles. The van der Waals surface area contributed by atoms with Gasteiger partial charge in [-0.1, -0.05) is 31.0 Å². The Hall–Kier alpha value is -1.79. The normalized spacial score (nSPS) is 24.1. The van der Waals surface area contributed by atoms with E-state index in [9.17, 15) is 4.39 Å². The highest BCUT2D eigenvalue weighted by Crippen LogP contribution is 2.38. The van der Waals surface area contributed by atoms with Gasteiger partial charge in [-0.05, 0) is 91.4 Å².